The fourth-order valence-electron chi connectivity index (χ4n) is 2.98. The van der Waals surface area contributed by atoms with E-state index in [4.69, 9.17) is 4.74 Å². The number of hydrogen-bond acceptors (Lipinski definition) is 5. The molecule has 3 rings (SSSR count). The Bertz CT molecular complexity index is 946. The van der Waals surface area contributed by atoms with Gasteiger partial charge in [0.1, 0.15) is 16.8 Å². The summed E-state index contributed by atoms with van der Waals surface area (Å²) in [6.07, 6.45) is 0.701. The van der Waals surface area contributed by atoms with Crippen LogP contribution in [0.5, 0.6) is 0 Å². The van der Waals surface area contributed by atoms with Crippen molar-refractivity contribution in [1.82, 2.24) is 4.31 Å². The highest BCUT2D eigenvalue weighted by Gasteiger charge is 2.41. The molecule has 2 aromatic carbocycles. The van der Waals surface area contributed by atoms with Gasteiger partial charge in [-0.15, -0.1) is 0 Å². The third kappa shape index (κ3) is 4.06. The Morgan fingerprint density at radius 3 is 2.44 bits per heavy atom. The van der Waals surface area contributed by atoms with Gasteiger partial charge in [-0.3, -0.25) is 9.59 Å². The molecule has 0 radical (unpaired) electrons. The van der Waals surface area contributed by atoms with Crippen LogP contribution in [0.1, 0.15) is 23.2 Å². The van der Waals surface area contributed by atoms with Gasteiger partial charge in [0.15, 0.2) is 12.4 Å². The zero-order chi connectivity index (χ0) is 19.4. The summed E-state index contributed by atoms with van der Waals surface area (Å²) < 4.78 is 45.4. The molecule has 8 heteroatoms. The lowest BCUT2D eigenvalue weighted by Gasteiger charge is -2.22. The van der Waals surface area contributed by atoms with Gasteiger partial charge < -0.3 is 4.74 Å². The van der Waals surface area contributed by atoms with E-state index >= 15 is 0 Å². The molecule has 6 nitrogen and oxygen atoms in total. The van der Waals surface area contributed by atoms with E-state index < -0.39 is 39.4 Å². The molecule has 0 aromatic heterocycles. The van der Waals surface area contributed by atoms with Gasteiger partial charge in [-0.25, -0.2) is 12.8 Å². The number of Topliss-reactive ketones (excluding diaryl/α,β-unsaturated/α-hetero) is 1. The lowest BCUT2D eigenvalue weighted by Crippen LogP contribution is -2.42. The molecule has 0 saturated carbocycles. The molecule has 0 unspecified atom stereocenters. The van der Waals surface area contributed by atoms with E-state index in [-0.39, 0.29) is 18.7 Å². The van der Waals surface area contributed by atoms with Gasteiger partial charge in [0.2, 0.25) is 10.0 Å². The number of ketones is 1. The molecule has 0 aliphatic carbocycles. The highest BCUT2D eigenvalue weighted by atomic mass is 32.2. The number of halogens is 1. The Labute approximate surface area is 156 Å². The van der Waals surface area contributed by atoms with Crippen molar-refractivity contribution < 1.29 is 27.1 Å². The predicted molar refractivity (Wildman–Crippen MR) is 95.0 cm³/mol. The lowest BCUT2D eigenvalue weighted by molar-refractivity contribution is -0.146. The van der Waals surface area contributed by atoms with Crippen LogP contribution >= 0.6 is 0 Å². The molecule has 1 aliphatic rings. The van der Waals surface area contributed by atoms with E-state index in [1.807, 2.05) is 0 Å². The van der Waals surface area contributed by atoms with Crippen LogP contribution in [0.3, 0.4) is 0 Å². The third-order valence-electron chi connectivity index (χ3n) is 4.34. The highest BCUT2D eigenvalue weighted by molar-refractivity contribution is 7.89. The van der Waals surface area contributed by atoms with E-state index in [0.717, 1.165) is 16.4 Å². The summed E-state index contributed by atoms with van der Waals surface area (Å²) in [5.74, 6) is -2.07. The van der Waals surface area contributed by atoms with Crippen LogP contribution < -0.4 is 0 Å². The van der Waals surface area contributed by atoms with Crippen molar-refractivity contribution in [2.45, 2.75) is 23.8 Å². The quantitative estimate of drug-likeness (QED) is 0.558. The zero-order valence-electron chi connectivity index (χ0n) is 14.4. The average molecular weight is 391 g/mol. The van der Waals surface area contributed by atoms with E-state index in [1.54, 1.807) is 30.3 Å². The van der Waals surface area contributed by atoms with Crippen molar-refractivity contribution in [3.63, 3.8) is 0 Å². The molecule has 1 aliphatic heterocycles. The number of carbonyl (C=O) groups is 2. The van der Waals surface area contributed by atoms with Gasteiger partial charge in [-0.05, 0) is 25.0 Å². The molecule has 27 heavy (non-hydrogen) atoms. The van der Waals surface area contributed by atoms with Crippen LogP contribution in [-0.4, -0.2) is 43.7 Å². The molecule has 0 N–H and O–H groups in total. The number of hydrogen-bond donors (Lipinski definition) is 0. The fraction of sp³-hybridized carbons (Fsp3) is 0.263. The number of sulfonamides is 1. The van der Waals surface area contributed by atoms with Gasteiger partial charge in [-0.1, -0.05) is 42.5 Å². The van der Waals surface area contributed by atoms with Gasteiger partial charge >= 0.3 is 5.97 Å². The van der Waals surface area contributed by atoms with Crippen LogP contribution in [-0.2, 0) is 19.6 Å². The Kier molecular flexibility index (Phi) is 5.67. The second-order valence-corrected chi connectivity index (χ2v) is 7.96. The van der Waals surface area contributed by atoms with E-state index in [0.29, 0.717) is 12.0 Å². The average Bonchev–Trinajstić information content (AvgIpc) is 3.17. The summed E-state index contributed by atoms with van der Waals surface area (Å²) in [4.78, 5) is 23.9. The lowest BCUT2D eigenvalue weighted by atomic mass is 10.1. The van der Waals surface area contributed by atoms with Crippen LogP contribution in [0.2, 0.25) is 0 Å². The minimum absolute atomic E-state index is 0.0864. The molecular formula is C19H18FNO5S. The number of carbonyl (C=O) groups excluding carboxylic acids is 2. The van der Waals surface area contributed by atoms with E-state index in [2.05, 4.69) is 0 Å². The van der Waals surface area contributed by atoms with Gasteiger partial charge in [0.05, 0.1) is 0 Å². The first-order valence-corrected chi connectivity index (χ1v) is 9.86. The first-order chi connectivity index (χ1) is 12.9. The first-order valence-electron chi connectivity index (χ1n) is 8.42. The van der Waals surface area contributed by atoms with E-state index in [1.165, 1.54) is 12.1 Å². The summed E-state index contributed by atoms with van der Waals surface area (Å²) in [6, 6.07) is 12.3. The number of nitrogens with zero attached hydrogens (tertiary/aromatic N) is 1. The summed E-state index contributed by atoms with van der Waals surface area (Å²) >= 11 is 0. The fourth-order valence-corrected chi connectivity index (χ4v) is 4.70. The van der Waals surface area contributed by atoms with Crippen molar-refractivity contribution in [3.8, 4) is 0 Å². The molecule has 1 heterocycles. The van der Waals surface area contributed by atoms with Gasteiger partial charge in [0.25, 0.3) is 0 Å². The summed E-state index contributed by atoms with van der Waals surface area (Å²) in [5, 5.41) is 0. The Hall–Kier alpha value is -2.58. The first kappa shape index (κ1) is 19.2. The molecule has 1 fully saturated rings. The van der Waals surface area contributed by atoms with Crippen molar-refractivity contribution in [2.75, 3.05) is 13.2 Å². The normalized spacial score (nSPS) is 17.6. The molecule has 0 spiro atoms. The minimum Gasteiger partial charge on any atom is -0.456 e. The maximum Gasteiger partial charge on any atom is 0.324 e. The Balaban J connectivity index is 1.71. The highest BCUT2D eigenvalue weighted by Crippen LogP contribution is 2.28. The maximum atomic E-state index is 13.9. The molecular weight excluding hydrogens is 373 g/mol. The predicted octanol–water partition coefficient (Wildman–Crippen LogP) is 2.40. The van der Waals surface area contributed by atoms with Crippen molar-refractivity contribution in [1.29, 1.82) is 0 Å². The van der Waals surface area contributed by atoms with E-state index in [9.17, 15) is 22.4 Å². The Morgan fingerprint density at radius 2 is 1.74 bits per heavy atom. The maximum absolute atomic E-state index is 13.9. The van der Waals surface area contributed by atoms with Gasteiger partial charge in [0, 0.05) is 12.1 Å². The zero-order valence-corrected chi connectivity index (χ0v) is 15.2. The smallest absolute Gasteiger partial charge is 0.324 e. The Morgan fingerprint density at radius 1 is 1.07 bits per heavy atom. The number of benzene rings is 2. The minimum atomic E-state index is -4.18. The molecule has 142 valence electrons. The second-order valence-electron chi connectivity index (χ2n) is 6.10. The molecule has 0 bridgehead atoms. The summed E-state index contributed by atoms with van der Waals surface area (Å²) in [6.45, 7) is -0.393. The molecule has 0 amide bonds. The molecule has 1 saturated heterocycles. The molecule has 2 aromatic rings. The van der Waals surface area contributed by atoms with Crippen LogP contribution in [0.15, 0.2) is 59.5 Å². The van der Waals surface area contributed by atoms with Crippen LogP contribution in [0, 0.1) is 5.82 Å². The number of esters is 1. The monoisotopic (exact) mass is 391 g/mol. The summed E-state index contributed by atoms with van der Waals surface area (Å²) in [7, 11) is -4.18. The summed E-state index contributed by atoms with van der Waals surface area (Å²) in [5.41, 5.74) is 0.396. The van der Waals surface area contributed by atoms with Crippen LogP contribution in [0.25, 0.3) is 0 Å². The second kappa shape index (κ2) is 7.98. The standard InChI is InChI=1S/C19H18FNO5S/c20-15-9-4-5-11-18(15)27(24,25)21-12-6-10-16(21)19(23)26-13-17(22)14-7-2-1-3-8-14/h1-5,7-9,11,16H,6,10,12-13H2/t16-/m0/s1. The number of ether oxygens (including phenoxy) is 1. The largest absolute Gasteiger partial charge is 0.456 e. The third-order valence-corrected chi connectivity index (χ3v) is 6.28. The van der Waals surface area contributed by atoms with Crippen molar-refractivity contribution in [2.24, 2.45) is 0 Å². The van der Waals surface area contributed by atoms with Crippen LogP contribution in [0.4, 0.5) is 4.39 Å². The number of rotatable bonds is 6. The van der Waals surface area contributed by atoms with Crippen molar-refractivity contribution >= 4 is 21.8 Å². The van der Waals surface area contributed by atoms with Gasteiger partial charge in [-0.2, -0.15) is 4.31 Å². The topological polar surface area (TPSA) is 80.8 Å². The van der Waals surface area contributed by atoms with Crippen molar-refractivity contribution in [3.05, 3.63) is 66.0 Å². The SMILES string of the molecule is O=C(COC(=O)[C@@H]1CCCN1S(=O)(=O)c1ccccc1F)c1ccccc1. The molecule has 1 atom stereocenters.